The van der Waals surface area contributed by atoms with Gasteiger partial charge in [0.1, 0.15) is 5.75 Å². The number of carbonyl (C=O) groups is 2. The Morgan fingerprint density at radius 1 is 0.851 bits per heavy atom. The van der Waals surface area contributed by atoms with Gasteiger partial charge in [-0.2, -0.15) is 0 Å². The number of methoxy groups -OCH3 is 1. The van der Waals surface area contributed by atoms with Gasteiger partial charge in [-0.1, -0.05) is 79.7 Å². The van der Waals surface area contributed by atoms with Gasteiger partial charge >= 0.3 is 5.97 Å². The summed E-state index contributed by atoms with van der Waals surface area (Å²) < 4.78 is 19.0. The first-order valence-electron chi connectivity index (χ1n) is 15.8. The predicted molar refractivity (Wildman–Crippen MR) is 182 cm³/mol. The molecule has 0 aliphatic carbocycles. The Hall–Kier alpha value is -4.15. The summed E-state index contributed by atoms with van der Waals surface area (Å²) in [6.07, 6.45) is -0.491. The first-order chi connectivity index (χ1) is 22.8. The quantitative estimate of drug-likeness (QED) is 0.121. The molecule has 1 amide bonds. The molecular weight excluding hydrogens is 614 g/mol. The monoisotopic (exact) mass is 655 g/mol. The van der Waals surface area contributed by atoms with Gasteiger partial charge in [0.15, 0.2) is 6.29 Å². The predicted octanol–water partition coefficient (Wildman–Crippen LogP) is 7.31. The van der Waals surface area contributed by atoms with Gasteiger partial charge in [0.25, 0.3) is 0 Å². The van der Waals surface area contributed by atoms with Crippen LogP contribution < -0.4 is 10.1 Å². The van der Waals surface area contributed by atoms with Crippen molar-refractivity contribution in [2.75, 3.05) is 12.9 Å². The van der Waals surface area contributed by atoms with Gasteiger partial charge in [0.05, 0.1) is 25.9 Å². The lowest BCUT2D eigenvalue weighted by Crippen LogP contribution is -2.38. The first-order valence-corrected chi connectivity index (χ1v) is 16.8. The molecule has 4 aromatic carbocycles. The third kappa shape index (κ3) is 9.23. The van der Waals surface area contributed by atoms with Crippen LogP contribution >= 0.6 is 11.8 Å². The molecule has 4 unspecified atom stereocenters. The van der Waals surface area contributed by atoms with Crippen molar-refractivity contribution in [3.8, 4) is 16.9 Å². The van der Waals surface area contributed by atoms with E-state index in [-0.39, 0.29) is 43.5 Å². The van der Waals surface area contributed by atoms with Crippen LogP contribution in [-0.2, 0) is 32.2 Å². The average Bonchev–Trinajstić information content (AvgIpc) is 3.10. The number of carboxylic acid groups (broad SMARTS) is 1. The maximum Gasteiger partial charge on any atom is 0.303 e. The number of benzene rings is 4. The number of carbonyl (C=O) groups excluding carboxylic acids is 1. The van der Waals surface area contributed by atoms with Gasteiger partial charge in [0, 0.05) is 41.5 Å². The molecule has 1 aliphatic heterocycles. The van der Waals surface area contributed by atoms with E-state index in [4.69, 9.17) is 19.3 Å². The van der Waals surface area contributed by atoms with Crippen molar-refractivity contribution < 1.29 is 34.0 Å². The normalized spacial score (nSPS) is 19.2. The number of carboxylic acids is 1. The summed E-state index contributed by atoms with van der Waals surface area (Å²) >= 11 is 1.70. The van der Waals surface area contributed by atoms with Crippen molar-refractivity contribution in [3.05, 3.63) is 119 Å². The number of aliphatic carboxylic acids is 1. The van der Waals surface area contributed by atoms with E-state index < -0.39 is 12.3 Å². The lowest BCUT2D eigenvalue weighted by atomic mass is 9.91. The second kappa shape index (κ2) is 16.6. The number of hydrogen-bond acceptors (Lipinski definition) is 7. The highest BCUT2D eigenvalue weighted by molar-refractivity contribution is 7.99. The molecule has 246 valence electrons. The van der Waals surface area contributed by atoms with E-state index in [1.165, 1.54) is 0 Å². The van der Waals surface area contributed by atoms with Crippen molar-refractivity contribution >= 4 is 23.6 Å². The van der Waals surface area contributed by atoms with E-state index in [1.807, 2.05) is 84.9 Å². The van der Waals surface area contributed by atoms with E-state index in [0.29, 0.717) is 18.7 Å². The van der Waals surface area contributed by atoms with Crippen molar-refractivity contribution in [3.63, 3.8) is 0 Å². The van der Waals surface area contributed by atoms with Crippen LogP contribution in [0.4, 0.5) is 0 Å². The van der Waals surface area contributed by atoms with Crippen LogP contribution in [0.25, 0.3) is 11.1 Å². The zero-order valence-corrected chi connectivity index (χ0v) is 27.5. The van der Waals surface area contributed by atoms with Gasteiger partial charge in [-0.3, -0.25) is 9.59 Å². The Kier molecular flexibility index (Phi) is 12.1. The SMILES string of the molecule is COc1ccccc1SCC1OC(c2cccc(-c3cccc(CNC(=O)CCCC(=O)O)c3)c2)OC(c2ccc(CO)cc2)C1C. The molecule has 4 aromatic rings. The number of para-hydroxylation sites is 1. The topological polar surface area (TPSA) is 114 Å². The molecule has 0 aromatic heterocycles. The third-order valence-electron chi connectivity index (χ3n) is 8.30. The highest BCUT2D eigenvalue weighted by Gasteiger charge is 2.38. The lowest BCUT2D eigenvalue weighted by Gasteiger charge is -2.41. The molecule has 3 N–H and O–H groups in total. The molecule has 1 aliphatic rings. The molecule has 0 bridgehead atoms. The number of rotatable bonds is 14. The molecular formula is C38H41NO7S. The maximum atomic E-state index is 12.2. The summed E-state index contributed by atoms with van der Waals surface area (Å²) in [7, 11) is 1.68. The zero-order chi connectivity index (χ0) is 33.2. The number of aliphatic hydroxyl groups is 1. The largest absolute Gasteiger partial charge is 0.496 e. The zero-order valence-electron chi connectivity index (χ0n) is 26.6. The summed E-state index contributed by atoms with van der Waals surface area (Å²) in [6.45, 7) is 2.49. The van der Waals surface area contributed by atoms with Crippen molar-refractivity contribution in [2.45, 2.75) is 62.7 Å². The Morgan fingerprint density at radius 3 is 2.34 bits per heavy atom. The van der Waals surface area contributed by atoms with Crippen LogP contribution in [0.3, 0.4) is 0 Å². The smallest absolute Gasteiger partial charge is 0.303 e. The fourth-order valence-electron chi connectivity index (χ4n) is 5.63. The summed E-state index contributed by atoms with van der Waals surface area (Å²) in [5, 5.41) is 21.3. The first kappa shape index (κ1) is 34.2. The number of ether oxygens (including phenoxy) is 3. The summed E-state index contributed by atoms with van der Waals surface area (Å²) in [4.78, 5) is 24.0. The van der Waals surface area contributed by atoms with Gasteiger partial charge < -0.3 is 29.7 Å². The summed E-state index contributed by atoms with van der Waals surface area (Å²) in [5.74, 6) is 0.514. The maximum absolute atomic E-state index is 12.2. The number of aliphatic hydroxyl groups excluding tert-OH is 1. The molecule has 9 heteroatoms. The third-order valence-corrected chi connectivity index (χ3v) is 9.44. The summed E-state index contributed by atoms with van der Waals surface area (Å²) in [6, 6.07) is 32.0. The van der Waals surface area contributed by atoms with Crippen LogP contribution in [-0.4, -0.2) is 41.1 Å². The molecule has 1 heterocycles. The highest BCUT2D eigenvalue weighted by atomic mass is 32.2. The van der Waals surface area contributed by atoms with Crippen molar-refractivity contribution in [2.24, 2.45) is 5.92 Å². The van der Waals surface area contributed by atoms with E-state index in [9.17, 15) is 14.7 Å². The minimum Gasteiger partial charge on any atom is -0.496 e. The average molecular weight is 656 g/mol. The van der Waals surface area contributed by atoms with Crippen LogP contribution in [0.15, 0.2) is 102 Å². The van der Waals surface area contributed by atoms with Crippen LogP contribution in [0, 0.1) is 5.92 Å². The standard InChI is InChI=1S/C38H41NO7S/c1-25-33(24-47-34-13-4-3-12-32(34)44-2)45-38(46-37(25)28-18-16-26(23-40)17-19-28)31-11-6-10-30(21-31)29-9-5-8-27(20-29)22-39-35(41)14-7-15-36(42)43/h3-6,8-13,16-21,25,33,37-38,40H,7,14-15,22-24H2,1-2H3,(H,39,41)(H,42,43). The Morgan fingerprint density at radius 2 is 1.60 bits per heavy atom. The minimum absolute atomic E-state index is 0.0155. The highest BCUT2D eigenvalue weighted by Crippen LogP contribution is 2.44. The van der Waals surface area contributed by atoms with Gasteiger partial charge in [-0.25, -0.2) is 0 Å². The number of hydrogen-bond donors (Lipinski definition) is 3. The van der Waals surface area contributed by atoms with Crippen molar-refractivity contribution in [1.29, 1.82) is 0 Å². The second-order valence-electron chi connectivity index (χ2n) is 11.6. The number of thioether (sulfide) groups is 1. The fourth-order valence-corrected chi connectivity index (χ4v) is 6.83. The molecule has 1 saturated heterocycles. The molecule has 0 radical (unpaired) electrons. The molecule has 4 atom stereocenters. The molecule has 47 heavy (non-hydrogen) atoms. The van der Waals surface area contributed by atoms with Crippen LogP contribution in [0.5, 0.6) is 5.75 Å². The van der Waals surface area contributed by atoms with E-state index >= 15 is 0 Å². The lowest BCUT2D eigenvalue weighted by molar-refractivity contribution is -0.268. The Balaban J connectivity index is 1.35. The minimum atomic E-state index is -0.902. The number of amides is 1. The Labute approximate surface area is 280 Å². The van der Waals surface area contributed by atoms with E-state index in [0.717, 1.165) is 44.0 Å². The fraction of sp³-hybridized carbons (Fsp3) is 0.316. The molecule has 5 rings (SSSR count). The molecule has 1 fully saturated rings. The van der Waals surface area contributed by atoms with Crippen LogP contribution in [0.2, 0.25) is 0 Å². The summed E-state index contributed by atoms with van der Waals surface area (Å²) in [5.41, 5.74) is 5.71. The molecule has 0 saturated carbocycles. The number of nitrogens with one attached hydrogen (secondary N) is 1. The van der Waals surface area contributed by atoms with E-state index in [1.54, 1.807) is 18.9 Å². The van der Waals surface area contributed by atoms with E-state index in [2.05, 4.69) is 24.4 Å². The Bertz CT molecular complexity index is 1640. The molecule has 0 spiro atoms. The second-order valence-corrected chi connectivity index (χ2v) is 12.7. The molecule has 8 nitrogen and oxygen atoms in total. The van der Waals surface area contributed by atoms with Gasteiger partial charge in [-0.05, 0) is 58.5 Å². The van der Waals surface area contributed by atoms with Crippen LogP contribution in [0.1, 0.15) is 60.8 Å². The van der Waals surface area contributed by atoms with Crippen molar-refractivity contribution in [1.82, 2.24) is 5.32 Å². The van der Waals surface area contributed by atoms with Gasteiger partial charge in [0.2, 0.25) is 5.91 Å². The van der Waals surface area contributed by atoms with Gasteiger partial charge in [-0.15, -0.1) is 11.8 Å².